The number of hydrogen-bond acceptors (Lipinski definition) is 4. The predicted molar refractivity (Wildman–Crippen MR) is 94.4 cm³/mol. The Kier molecular flexibility index (Phi) is 3.98. The van der Waals surface area contributed by atoms with E-state index in [9.17, 15) is 10.1 Å². The average molecular weight is 347 g/mol. The van der Waals surface area contributed by atoms with E-state index in [1.54, 1.807) is 23.9 Å². The minimum atomic E-state index is -0.333. The van der Waals surface area contributed by atoms with Crippen LogP contribution in [0.15, 0.2) is 53.2 Å². The summed E-state index contributed by atoms with van der Waals surface area (Å²) in [7, 11) is 0. The van der Waals surface area contributed by atoms with Crippen molar-refractivity contribution in [2.45, 2.75) is 19.4 Å². The Balaban J connectivity index is 1.50. The molecule has 2 aromatic heterocycles. The highest BCUT2D eigenvalue weighted by molar-refractivity contribution is 5.98. The highest BCUT2D eigenvalue weighted by Gasteiger charge is 2.27. The number of ether oxygens (including phenoxy) is 1. The number of rotatable bonds is 4. The number of nitriles is 1. The zero-order chi connectivity index (χ0) is 18.1. The molecule has 1 aromatic carbocycles. The van der Waals surface area contributed by atoms with E-state index in [0.29, 0.717) is 18.2 Å². The first-order valence-corrected chi connectivity index (χ1v) is 8.37. The first-order valence-electron chi connectivity index (χ1n) is 8.37. The number of fused-ring (bicyclic) bond motifs is 1. The SMILES string of the molecule is Cc1oc(-n2cccc2)c(C#N)c1C(=O)NC[C@H]1Cc2ccccc2O1. The minimum Gasteiger partial charge on any atom is -0.488 e. The molecule has 1 aliphatic rings. The maximum Gasteiger partial charge on any atom is 0.256 e. The fourth-order valence-electron chi connectivity index (χ4n) is 3.22. The largest absolute Gasteiger partial charge is 0.488 e. The summed E-state index contributed by atoms with van der Waals surface area (Å²) in [4.78, 5) is 12.7. The van der Waals surface area contributed by atoms with Crippen molar-refractivity contribution in [3.8, 4) is 17.7 Å². The van der Waals surface area contributed by atoms with Crippen molar-refractivity contribution in [1.82, 2.24) is 9.88 Å². The lowest BCUT2D eigenvalue weighted by Gasteiger charge is -2.11. The Bertz CT molecular complexity index is 971. The number of carbonyl (C=O) groups is 1. The lowest BCUT2D eigenvalue weighted by Crippen LogP contribution is -2.34. The molecule has 6 nitrogen and oxygen atoms in total. The van der Waals surface area contributed by atoms with Crippen molar-refractivity contribution in [3.63, 3.8) is 0 Å². The smallest absolute Gasteiger partial charge is 0.256 e. The van der Waals surface area contributed by atoms with Crippen LogP contribution in [0.2, 0.25) is 0 Å². The van der Waals surface area contributed by atoms with Crippen molar-refractivity contribution < 1.29 is 13.9 Å². The van der Waals surface area contributed by atoms with Gasteiger partial charge in [0.05, 0.1) is 6.54 Å². The van der Waals surface area contributed by atoms with Gasteiger partial charge in [-0.25, -0.2) is 0 Å². The molecule has 0 saturated heterocycles. The quantitative estimate of drug-likeness (QED) is 0.787. The van der Waals surface area contributed by atoms with Gasteiger partial charge in [0.2, 0.25) is 5.88 Å². The summed E-state index contributed by atoms with van der Waals surface area (Å²) in [5, 5.41) is 12.4. The number of aryl methyl sites for hydroxylation is 1. The number of benzene rings is 1. The van der Waals surface area contributed by atoms with Crippen LogP contribution in [0.3, 0.4) is 0 Å². The van der Waals surface area contributed by atoms with Gasteiger partial charge in [0.25, 0.3) is 5.91 Å². The highest BCUT2D eigenvalue weighted by atomic mass is 16.5. The number of hydrogen-bond donors (Lipinski definition) is 1. The van der Waals surface area contributed by atoms with Gasteiger partial charge < -0.3 is 14.5 Å². The maximum atomic E-state index is 12.7. The van der Waals surface area contributed by atoms with E-state index < -0.39 is 0 Å². The molecule has 6 heteroatoms. The number of para-hydroxylation sites is 1. The second kappa shape index (κ2) is 6.45. The summed E-state index contributed by atoms with van der Waals surface area (Å²) < 4.78 is 13.2. The molecule has 1 aliphatic heterocycles. The van der Waals surface area contributed by atoms with Crippen molar-refractivity contribution in [2.75, 3.05) is 6.54 Å². The topological polar surface area (TPSA) is 80.2 Å². The number of carbonyl (C=O) groups excluding carboxylic acids is 1. The Hall–Kier alpha value is -3.46. The van der Waals surface area contributed by atoms with Crippen LogP contribution < -0.4 is 10.1 Å². The summed E-state index contributed by atoms with van der Waals surface area (Å²) in [5.74, 6) is 1.29. The molecule has 26 heavy (non-hydrogen) atoms. The lowest BCUT2D eigenvalue weighted by molar-refractivity contribution is 0.0932. The lowest BCUT2D eigenvalue weighted by atomic mass is 10.1. The normalized spacial score (nSPS) is 15.2. The van der Waals surface area contributed by atoms with E-state index in [-0.39, 0.29) is 23.1 Å². The Morgan fingerprint density at radius 3 is 2.81 bits per heavy atom. The van der Waals surface area contributed by atoms with Gasteiger partial charge in [-0.15, -0.1) is 0 Å². The molecule has 0 fully saturated rings. The molecule has 1 atom stereocenters. The van der Waals surface area contributed by atoms with E-state index in [4.69, 9.17) is 9.15 Å². The van der Waals surface area contributed by atoms with Crippen molar-refractivity contribution in [3.05, 3.63) is 71.2 Å². The van der Waals surface area contributed by atoms with Crippen molar-refractivity contribution >= 4 is 5.91 Å². The van der Waals surface area contributed by atoms with Crippen LogP contribution in [-0.2, 0) is 6.42 Å². The van der Waals surface area contributed by atoms with Gasteiger partial charge in [-0.05, 0) is 30.7 Å². The Morgan fingerprint density at radius 1 is 1.31 bits per heavy atom. The molecule has 0 bridgehead atoms. The minimum absolute atomic E-state index is 0.113. The van der Waals surface area contributed by atoms with E-state index in [1.807, 2.05) is 36.4 Å². The number of nitrogens with one attached hydrogen (secondary N) is 1. The zero-order valence-electron chi connectivity index (χ0n) is 14.2. The Labute approximate surface area is 150 Å². The molecule has 3 heterocycles. The van der Waals surface area contributed by atoms with E-state index in [1.165, 1.54) is 0 Å². The molecule has 0 saturated carbocycles. The van der Waals surface area contributed by atoms with Gasteiger partial charge in [0.1, 0.15) is 34.8 Å². The van der Waals surface area contributed by atoms with Crippen LogP contribution in [0, 0.1) is 18.3 Å². The third-order valence-corrected chi connectivity index (χ3v) is 4.45. The summed E-state index contributed by atoms with van der Waals surface area (Å²) in [6.07, 6.45) is 4.17. The molecule has 0 unspecified atom stereocenters. The Morgan fingerprint density at radius 2 is 2.08 bits per heavy atom. The van der Waals surface area contributed by atoms with Gasteiger partial charge >= 0.3 is 0 Å². The van der Waals surface area contributed by atoms with Gasteiger partial charge in [0, 0.05) is 18.8 Å². The first-order chi connectivity index (χ1) is 12.7. The van der Waals surface area contributed by atoms with Gasteiger partial charge in [0.15, 0.2) is 0 Å². The van der Waals surface area contributed by atoms with Crippen LogP contribution in [0.1, 0.15) is 27.2 Å². The van der Waals surface area contributed by atoms with Crippen LogP contribution in [0.25, 0.3) is 5.88 Å². The first kappa shape index (κ1) is 16.0. The fourth-order valence-corrected chi connectivity index (χ4v) is 3.22. The summed E-state index contributed by atoms with van der Waals surface area (Å²) in [6, 6.07) is 13.6. The zero-order valence-corrected chi connectivity index (χ0v) is 14.2. The van der Waals surface area contributed by atoms with Gasteiger partial charge in [-0.2, -0.15) is 5.26 Å². The molecule has 3 aromatic rings. The molecule has 1 N–H and O–H groups in total. The summed E-state index contributed by atoms with van der Waals surface area (Å²) in [6.45, 7) is 2.05. The van der Waals surface area contributed by atoms with E-state index in [0.717, 1.165) is 17.7 Å². The summed E-state index contributed by atoms with van der Waals surface area (Å²) in [5.41, 5.74) is 1.64. The van der Waals surface area contributed by atoms with Gasteiger partial charge in [-0.1, -0.05) is 18.2 Å². The third-order valence-electron chi connectivity index (χ3n) is 4.45. The van der Waals surface area contributed by atoms with Crippen molar-refractivity contribution in [2.24, 2.45) is 0 Å². The van der Waals surface area contributed by atoms with Crippen LogP contribution in [0.4, 0.5) is 0 Å². The van der Waals surface area contributed by atoms with Crippen LogP contribution >= 0.6 is 0 Å². The number of furan rings is 1. The number of amides is 1. The highest BCUT2D eigenvalue weighted by Crippen LogP contribution is 2.28. The monoisotopic (exact) mass is 347 g/mol. The molecular weight excluding hydrogens is 330 g/mol. The number of aromatic nitrogens is 1. The second-order valence-corrected chi connectivity index (χ2v) is 6.18. The standard InChI is InChI=1S/C20H17N3O3/c1-13-18(16(11-21)20(25-13)23-8-4-5-9-23)19(24)22-12-15-10-14-6-2-3-7-17(14)26-15/h2-9,15H,10,12H2,1H3,(H,22,24)/t15-/m1/s1. The van der Waals surface area contributed by atoms with E-state index >= 15 is 0 Å². The molecule has 130 valence electrons. The molecule has 0 aliphatic carbocycles. The second-order valence-electron chi connectivity index (χ2n) is 6.18. The molecule has 4 rings (SSSR count). The predicted octanol–water partition coefficient (Wildman–Crippen LogP) is 2.98. The molecular formula is C20H17N3O3. The maximum absolute atomic E-state index is 12.7. The van der Waals surface area contributed by atoms with E-state index in [2.05, 4.69) is 11.4 Å². The molecule has 0 radical (unpaired) electrons. The van der Waals surface area contributed by atoms with Crippen molar-refractivity contribution in [1.29, 1.82) is 5.26 Å². The molecule has 1 amide bonds. The average Bonchev–Trinajstić information content (AvgIpc) is 3.36. The van der Waals surface area contributed by atoms with Gasteiger partial charge in [-0.3, -0.25) is 9.36 Å². The third kappa shape index (κ3) is 2.74. The summed E-state index contributed by atoms with van der Waals surface area (Å²) >= 11 is 0. The van der Waals surface area contributed by atoms with Crippen LogP contribution in [0.5, 0.6) is 5.75 Å². The fraction of sp³-hybridized carbons (Fsp3) is 0.200. The number of nitrogens with zero attached hydrogens (tertiary/aromatic N) is 2. The van der Waals surface area contributed by atoms with Crippen LogP contribution in [-0.4, -0.2) is 23.1 Å². The molecule has 0 spiro atoms.